The summed E-state index contributed by atoms with van der Waals surface area (Å²) in [6, 6.07) is 8.01. The van der Waals surface area contributed by atoms with Crippen molar-refractivity contribution in [1.29, 1.82) is 0 Å². The maximum atomic E-state index is 12.5. The van der Waals surface area contributed by atoms with Gasteiger partial charge in [0.05, 0.1) is 12.6 Å². The Hall–Kier alpha value is -1.59. The lowest BCUT2D eigenvalue weighted by atomic mass is 10.1. The molecule has 0 radical (unpaired) electrons. The fourth-order valence-corrected chi connectivity index (χ4v) is 4.25. The van der Waals surface area contributed by atoms with E-state index in [1.54, 1.807) is 4.90 Å². The predicted molar refractivity (Wildman–Crippen MR) is 108 cm³/mol. The van der Waals surface area contributed by atoms with Crippen molar-refractivity contribution in [3.8, 4) is 0 Å². The summed E-state index contributed by atoms with van der Waals surface area (Å²) in [5, 5.41) is 3.78. The second kappa shape index (κ2) is 10.1. The summed E-state index contributed by atoms with van der Waals surface area (Å²) < 4.78 is 0. The third-order valence-corrected chi connectivity index (χ3v) is 5.80. The number of halogens is 1. The molecule has 5 nitrogen and oxygen atoms in total. The summed E-state index contributed by atoms with van der Waals surface area (Å²) in [5.74, 6) is 0.0333. The van der Waals surface area contributed by atoms with E-state index >= 15 is 0 Å². The Morgan fingerprint density at radius 1 is 1.07 bits per heavy atom. The molecule has 2 saturated heterocycles. The van der Waals surface area contributed by atoms with E-state index in [1.165, 1.54) is 12.8 Å². The van der Waals surface area contributed by atoms with Crippen LogP contribution in [0.3, 0.4) is 0 Å². The van der Waals surface area contributed by atoms with Crippen LogP contribution in [0.1, 0.15) is 56.6 Å². The highest BCUT2D eigenvalue weighted by Gasteiger charge is 2.25. The van der Waals surface area contributed by atoms with Crippen molar-refractivity contribution >= 4 is 23.4 Å². The molecule has 3 rings (SSSR count). The van der Waals surface area contributed by atoms with Gasteiger partial charge in [-0.1, -0.05) is 36.6 Å². The minimum atomic E-state index is -0.0739. The minimum absolute atomic E-state index is 0.0739. The Kier molecular flexibility index (Phi) is 7.53. The lowest BCUT2D eigenvalue weighted by molar-refractivity contribution is -0.136. The third kappa shape index (κ3) is 5.94. The van der Waals surface area contributed by atoms with E-state index in [9.17, 15) is 9.59 Å². The summed E-state index contributed by atoms with van der Waals surface area (Å²) in [6.07, 6.45) is 7.10. The van der Waals surface area contributed by atoms with Crippen LogP contribution in [-0.4, -0.2) is 54.3 Å². The average molecular weight is 392 g/mol. The second-order valence-corrected chi connectivity index (χ2v) is 8.03. The maximum absolute atomic E-state index is 12.5. The molecule has 0 aliphatic carbocycles. The van der Waals surface area contributed by atoms with Crippen LogP contribution in [0.25, 0.3) is 0 Å². The van der Waals surface area contributed by atoms with Crippen molar-refractivity contribution in [2.75, 3.05) is 32.7 Å². The topological polar surface area (TPSA) is 52.7 Å². The first-order chi connectivity index (χ1) is 13.1. The third-order valence-electron chi connectivity index (χ3n) is 5.56. The molecular weight excluding hydrogens is 362 g/mol. The van der Waals surface area contributed by atoms with Crippen molar-refractivity contribution in [2.24, 2.45) is 0 Å². The van der Waals surface area contributed by atoms with Crippen LogP contribution in [0.4, 0.5) is 0 Å². The zero-order valence-electron chi connectivity index (χ0n) is 16.0. The SMILES string of the molecule is O=C(CN1CCCCCCC1=O)NCC(c1cccc(Cl)c1)N1CCCC1. The van der Waals surface area contributed by atoms with E-state index in [0.717, 1.165) is 44.3 Å². The van der Waals surface area contributed by atoms with Gasteiger partial charge < -0.3 is 10.2 Å². The molecule has 1 aromatic rings. The molecule has 0 spiro atoms. The van der Waals surface area contributed by atoms with Crippen LogP contribution in [0, 0.1) is 0 Å². The van der Waals surface area contributed by atoms with Gasteiger partial charge in [0.2, 0.25) is 11.8 Å². The minimum Gasteiger partial charge on any atom is -0.353 e. The summed E-state index contributed by atoms with van der Waals surface area (Å²) in [7, 11) is 0. The van der Waals surface area contributed by atoms with Crippen LogP contribution in [0.15, 0.2) is 24.3 Å². The summed E-state index contributed by atoms with van der Waals surface area (Å²) in [4.78, 5) is 28.9. The van der Waals surface area contributed by atoms with Crippen LogP contribution in [0.5, 0.6) is 0 Å². The fraction of sp³-hybridized carbons (Fsp3) is 0.619. The van der Waals surface area contributed by atoms with E-state index < -0.39 is 0 Å². The number of rotatable bonds is 6. The van der Waals surface area contributed by atoms with E-state index in [-0.39, 0.29) is 24.4 Å². The van der Waals surface area contributed by atoms with Crippen molar-refractivity contribution in [3.05, 3.63) is 34.9 Å². The number of amides is 2. The number of carbonyl (C=O) groups is 2. The Morgan fingerprint density at radius 3 is 2.59 bits per heavy atom. The highest BCUT2D eigenvalue weighted by atomic mass is 35.5. The molecule has 1 atom stereocenters. The molecule has 1 unspecified atom stereocenters. The summed E-state index contributed by atoms with van der Waals surface area (Å²) in [5.41, 5.74) is 1.13. The van der Waals surface area contributed by atoms with Gasteiger partial charge in [0.25, 0.3) is 0 Å². The van der Waals surface area contributed by atoms with Gasteiger partial charge in [-0.3, -0.25) is 14.5 Å². The smallest absolute Gasteiger partial charge is 0.239 e. The van der Waals surface area contributed by atoms with Gasteiger partial charge in [-0.05, 0) is 56.5 Å². The summed E-state index contributed by atoms with van der Waals surface area (Å²) in [6.45, 7) is 3.48. The zero-order valence-corrected chi connectivity index (χ0v) is 16.7. The summed E-state index contributed by atoms with van der Waals surface area (Å²) >= 11 is 6.18. The number of nitrogens with one attached hydrogen (secondary N) is 1. The molecule has 2 aliphatic heterocycles. The van der Waals surface area contributed by atoms with Gasteiger partial charge in [-0.2, -0.15) is 0 Å². The van der Waals surface area contributed by atoms with Gasteiger partial charge in [-0.15, -0.1) is 0 Å². The van der Waals surface area contributed by atoms with Gasteiger partial charge in [0.1, 0.15) is 0 Å². The number of carbonyl (C=O) groups excluding carboxylic acids is 2. The van der Waals surface area contributed by atoms with Gasteiger partial charge in [0.15, 0.2) is 0 Å². The maximum Gasteiger partial charge on any atom is 0.239 e. The molecule has 148 valence electrons. The molecule has 0 saturated carbocycles. The number of likely N-dealkylation sites (tertiary alicyclic amines) is 2. The number of hydrogen-bond donors (Lipinski definition) is 1. The van der Waals surface area contributed by atoms with E-state index in [4.69, 9.17) is 11.6 Å². The number of benzene rings is 1. The lowest BCUT2D eigenvalue weighted by Gasteiger charge is -2.29. The van der Waals surface area contributed by atoms with Crippen LogP contribution >= 0.6 is 11.6 Å². The Balaban J connectivity index is 1.59. The molecule has 1 N–H and O–H groups in total. The molecule has 0 aromatic heterocycles. The van der Waals surface area contributed by atoms with Crippen LogP contribution in [0.2, 0.25) is 5.02 Å². The van der Waals surface area contributed by atoms with Crippen molar-refractivity contribution in [2.45, 2.75) is 51.0 Å². The normalized spacial score (nSPS) is 20.2. The molecule has 2 fully saturated rings. The molecule has 1 aromatic carbocycles. The number of nitrogens with zero attached hydrogens (tertiary/aromatic N) is 2. The van der Waals surface area contributed by atoms with Crippen molar-refractivity contribution < 1.29 is 9.59 Å². The fourth-order valence-electron chi connectivity index (χ4n) is 4.05. The highest BCUT2D eigenvalue weighted by Crippen LogP contribution is 2.26. The largest absolute Gasteiger partial charge is 0.353 e. The van der Waals surface area contributed by atoms with Gasteiger partial charge >= 0.3 is 0 Å². The van der Waals surface area contributed by atoms with E-state index in [0.29, 0.717) is 24.5 Å². The Labute approximate surface area is 167 Å². The van der Waals surface area contributed by atoms with Crippen LogP contribution in [-0.2, 0) is 9.59 Å². The Bertz CT molecular complexity index is 646. The quantitative estimate of drug-likeness (QED) is 0.808. The van der Waals surface area contributed by atoms with Gasteiger partial charge in [0, 0.05) is 24.5 Å². The van der Waals surface area contributed by atoms with Crippen molar-refractivity contribution in [3.63, 3.8) is 0 Å². The molecule has 2 aliphatic rings. The first kappa shape index (κ1) is 20.2. The average Bonchev–Trinajstić information content (AvgIpc) is 3.16. The van der Waals surface area contributed by atoms with Crippen molar-refractivity contribution in [1.82, 2.24) is 15.1 Å². The first-order valence-electron chi connectivity index (χ1n) is 10.2. The monoisotopic (exact) mass is 391 g/mol. The molecule has 27 heavy (non-hydrogen) atoms. The lowest BCUT2D eigenvalue weighted by Crippen LogP contribution is -2.44. The molecule has 0 bridgehead atoms. The van der Waals surface area contributed by atoms with Crippen LogP contribution < -0.4 is 5.32 Å². The van der Waals surface area contributed by atoms with E-state index in [1.807, 2.05) is 18.2 Å². The second-order valence-electron chi connectivity index (χ2n) is 7.60. The predicted octanol–water partition coefficient (Wildman–Crippen LogP) is 3.39. The number of hydrogen-bond acceptors (Lipinski definition) is 3. The molecule has 6 heteroatoms. The molecule has 2 heterocycles. The molecule has 2 amide bonds. The highest BCUT2D eigenvalue weighted by molar-refractivity contribution is 6.30. The van der Waals surface area contributed by atoms with E-state index in [2.05, 4.69) is 16.3 Å². The zero-order chi connectivity index (χ0) is 19.1. The standard InChI is InChI=1S/C21H30ClN3O2/c22-18-9-7-8-17(14-18)19(24-11-5-6-12-24)15-23-20(26)16-25-13-4-2-1-3-10-21(25)27/h7-9,14,19H,1-6,10-13,15-16H2,(H,23,26). The first-order valence-corrected chi connectivity index (χ1v) is 10.6. The van der Waals surface area contributed by atoms with Gasteiger partial charge in [-0.25, -0.2) is 0 Å². The Morgan fingerprint density at radius 2 is 1.81 bits per heavy atom. The molecular formula is C21H30ClN3O2.